The first kappa shape index (κ1) is 20.2. The number of rotatable bonds is 4. The summed E-state index contributed by atoms with van der Waals surface area (Å²) in [5, 5.41) is 0.897. The molecule has 0 aliphatic rings. The van der Waals surface area contributed by atoms with Crippen molar-refractivity contribution in [3.63, 3.8) is 0 Å². The van der Waals surface area contributed by atoms with E-state index in [1.54, 1.807) is 72.8 Å². The molecule has 2 heterocycles. The van der Waals surface area contributed by atoms with E-state index < -0.39 is 17.1 Å². The quantitative estimate of drug-likeness (QED) is 0.430. The van der Waals surface area contributed by atoms with Crippen LogP contribution in [-0.4, -0.2) is 22.7 Å². The summed E-state index contributed by atoms with van der Waals surface area (Å²) in [6, 6.07) is 22.0. The lowest BCUT2D eigenvalue weighted by molar-refractivity contribution is 0.100. The van der Waals surface area contributed by atoms with E-state index in [9.17, 15) is 14.4 Å². The second-order valence-electron chi connectivity index (χ2n) is 7.25. The first-order valence-corrected chi connectivity index (χ1v) is 10.1. The van der Waals surface area contributed by atoms with Crippen molar-refractivity contribution in [3.05, 3.63) is 105 Å². The molecule has 0 atom stereocenters. The summed E-state index contributed by atoms with van der Waals surface area (Å²) >= 11 is 0. The molecule has 1 amide bonds. The molecule has 0 aliphatic heterocycles. The highest BCUT2D eigenvalue weighted by Crippen LogP contribution is 2.23. The molecule has 0 saturated carbocycles. The van der Waals surface area contributed by atoms with Crippen molar-refractivity contribution in [2.45, 2.75) is 0 Å². The number of benzene rings is 3. The third-order valence-electron chi connectivity index (χ3n) is 5.20. The van der Waals surface area contributed by atoms with E-state index in [-0.39, 0.29) is 11.4 Å². The Morgan fingerprint density at radius 3 is 2.61 bits per heavy atom. The molecule has 3 aromatic carbocycles. The Morgan fingerprint density at radius 2 is 1.76 bits per heavy atom. The number of carbonyl (C=O) groups excluding carboxylic acids is 1. The van der Waals surface area contributed by atoms with Crippen LogP contribution in [0.5, 0.6) is 5.75 Å². The smallest absolute Gasteiger partial charge is 0.349 e. The van der Waals surface area contributed by atoms with Gasteiger partial charge in [-0.1, -0.05) is 42.5 Å². The van der Waals surface area contributed by atoms with Crippen molar-refractivity contribution in [2.75, 3.05) is 12.5 Å². The number of carbonyl (C=O) groups is 1. The summed E-state index contributed by atoms with van der Waals surface area (Å²) < 4.78 is 11.6. The SMILES string of the molecule is COc1cccc(-c2nc3ccccc3c(=O)n2NC(=O)c2cc3ccccc3oc2=O)c1. The maximum atomic E-state index is 13.3. The molecule has 162 valence electrons. The van der Waals surface area contributed by atoms with Crippen molar-refractivity contribution in [1.29, 1.82) is 0 Å². The van der Waals surface area contributed by atoms with Gasteiger partial charge in [-0.15, -0.1) is 0 Å². The van der Waals surface area contributed by atoms with Gasteiger partial charge in [-0.2, -0.15) is 4.68 Å². The topological polar surface area (TPSA) is 103 Å². The summed E-state index contributed by atoms with van der Waals surface area (Å²) in [6.07, 6.45) is 0. The molecule has 8 heteroatoms. The van der Waals surface area contributed by atoms with Crippen molar-refractivity contribution in [2.24, 2.45) is 0 Å². The number of fused-ring (bicyclic) bond motifs is 2. The third kappa shape index (κ3) is 3.63. The number of nitrogens with one attached hydrogen (secondary N) is 1. The summed E-state index contributed by atoms with van der Waals surface area (Å²) in [4.78, 5) is 43.5. The molecule has 8 nitrogen and oxygen atoms in total. The van der Waals surface area contributed by atoms with Gasteiger partial charge in [-0.05, 0) is 36.4 Å². The third-order valence-corrected chi connectivity index (χ3v) is 5.20. The van der Waals surface area contributed by atoms with Crippen LogP contribution >= 0.6 is 0 Å². The molecule has 0 unspecified atom stereocenters. The fourth-order valence-corrected chi connectivity index (χ4v) is 3.57. The Bertz CT molecular complexity index is 1650. The highest BCUT2D eigenvalue weighted by atomic mass is 16.5. The lowest BCUT2D eigenvalue weighted by Crippen LogP contribution is -2.36. The fraction of sp³-hybridized carbons (Fsp3) is 0.0400. The zero-order chi connectivity index (χ0) is 22.9. The van der Waals surface area contributed by atoms with Crippen LogP contribution in [0.3, 0.4) is 0 Å². The van der Waals surface area contributed by atoms with Crippen LogP contribution in [-0.2, 0) is 0 Å². The van der Waals surface area contributed by atoms with Crippen LogP contribution in [0.15, 0.2) is 92.9 Å². The largest absolute Gasteiger partial charge is 0.497 e. The molecule has 0 fully saturated rings. The van der Waals surface area contributed by atoms with E-state index in [0.717, 1.165) is 4.68 Å². The Balaban J connectivity index is 1.68. The minimum absolute atomic E-state index is 0.191. The summed E-state index contributed by atoms with van der Waals surface area (Å²) in [5.74, 6) is -0.0445. The average Bonchev–Trinajstić information content (AvgIpc) is 2.85. The van der Waals surface area contributed by atoms with Crippen LogP contribution in [0.1, 0.15) is 10.4 Å². The van der Waals surface area contributed by atoms with E-state index in [4.69, 9.17) is 9.15 Å². The highest BCUT2D eigenvalue weighted by Gasteiger charge is 2.19. The molecule has 0 spiro atoms. The minimum atomic E-state index is -0.809. The number of hydrogen-bond acceptors (Lipinski definition) is 6. The van der Waals surface area contributed by atoms with Gasteiger partial charge in [0.25, 0.3) is 11.5 Å². The van der Waals surface area contributed by atoms with Gasteiger partial charge in [-0.25, -0.2) is 9.78 Å². The first-order valence-electron chi connectivity index (χ1n) is 10.1. The molecule has 33 heavy (non-hydrogen) atoms. The van der Waals surface area contributed by atoms with Crippen molar-refractivity contribution in [1.82, 2.24) is 9.66 Å². The number of aromatic nitrogens is 2. The summed E-state index contributed by atoms with van der Waals surface area (Å²) in [7, 11) is 1.53. The zero-order valence-electron chi connectivity index (χ0n) is 17.4. The van der Waals surface area contributed by atoms with E-state index in [0.29, 0.717) is 33.2 Å². The standard InChI is InChI=1S/C25H17N3O5/c1-32-17-9-6-8-16(13-17)22-26-20-11-4-3-10-18(20)24(30)28(22)27-23(29)19-14-15-7-2-5-12-21(15)33-25(19)31/h2-14H,1H3,(H,27,29). The van der Waals surface area contributed by atoms with Crippen LogP contribution < -0.4 is 21.3 Å². The Morgan fingerprint density at radius 1 is 0.970 bits per heavy atom. The molecule has 1 N–H and O–H groups in total. The molecule has 0 saturated heterocycles. The van der Waals surface area contributed by atoms with Gasteiger partial charge in [0.15, 0.2) is 5.82 Å². The second-order valence-corrected chi connectivity index (χ2v) is 7.25. The van der Waals surface area contributed by atoms with E-state index in [1.807, 2.05) is 0 Å². The first-order chi connectivity index (χ1) is 16.0. The van der Waals surface area contributed by atoms with Gasteiger partial charge >= 0.3 is 5.63 Å². The number of methoxy groups -OCH3 is 1. The highest BCUT2D eigenvalue weighted by molar-refractivity contribution is 6.02. The van der Waals surface area contributed by atoms with Crippen LogP contribution in [0.2, 0.25) is 0 Å². The molecule has 5 aromatic rings. The van der Waals surface area contributed by atoms with Crippen LogP contribution in [0.25, 0.3) is 33.3 Å². The second kappa shape index (κ2) is 8.08. The number of para-hydroxylation sites is 2. The lowest BCUT2D eigenvalue weighted by Gasteiger charge is -2.15. The van der Waals surface area contributed by atoms with E-state index in [2.05, 4.69) is 10.4 Å². The van der Waals surface area contributed by atoms with E-state index >= 15 is 0 Å². The normalized spacial score (nSPS) is 10.9. The lowest BCUT2D eigenvalue weighted by atomic mass is 10.1. The maximum absolute atomic E-state index is 13.3. The monoisotopic (exact) mass is 439 g/mol. The Hall–Kier alpha value is -4.72. The van der Waals surface area contributed by atoms with Gasteiger partial charge in [0, 0.05) is 10.9 Å². The number of hydrogen-bond donors (Lipinski definition) is 1. The maximum Gasteiger partial charge on any atom is 0.349 e. The molecular formula is C25H17N3O5. The predicted molar refractivity (Wildman–Crippen MR) is 124 cm³/mol. The number of amides is 1. The molecular weight excluding hydrogens is 422 g/mol. The van der Waals surface area contributed by atoms with Gasteiger partial charge in [-0.3, -0.25) is 15.0 Å². The van der Waals surface area contributed by atoms with Crippen molar-refractivity contribution < 1.29 is 13.9 Å². The zero-order valence-corrected chi connectivity index (χ0v) is 17.4. The summed E-state index contributed by atoms with van der Waals surface area (Å²) in [6.45, 7) is 0. The number of nitrogens with zero attached hydrogens (tertiary/aromatic N) is 2. The van der Waals surface area contributed by atoms with Crippen molar-refractivity contribution >= 4 is 27.8 Å². The molecule has 0 radical (unpaired) electrons. The van der Waals surface area contributed by atoms with Gasteiger partial charge < -0.3 is 9.15 Å². The molecule has 0 aliphatic carbocycles. The minimum Gasteiger partial charge on any atom is -0.497 e. The van der Waals surface area contributed by atoms with Crippen molar-refractivity contribution in [3.8, 4) is 17.1 Å². The molecule has 5 rings (SSSR count). The Kier molecular flexibility index (Phi) is 4.95. The van der Waals surface area contributed by atoms with E-state index in [1.165, 1.54) is 13.2 Å². The Labute approximate surface area is 186 Å². The fourth-order valence-electron chi connectivity index (χ4n) is 3.57. The molecule has 0 bridgehead atoms. The number of ether oxygens (including phenoxy) is 1. The van der Waals surface area contributed by atoms with Gasteiger partial charge in [0.05, 0.1) is 18.0 Å². The van der Waals surface area contributed by atoms with Crippen LogP contribution in [0, 0.1) is 0 Å². The summed E-state index contributed by atoms with van der Waals surface area (Å²) in [5.41, 5.74) is 2.38. The average molecular weight is 439 g/mol. The van der Waals surface area contributed by atoms with Crippen LogP contribution in [0.4, 0.5) is 0 Å². The molecule has 2 aromatic heterocycles. The predicted octanol–water partition coefficient (Wildman–Crippen LogP) is 3.56. The van der Waals surface area contributed by atoms with Gasteiger partial charge in [0.2, 0.25) is 0 Å². The van der Waals surface area contributed by atoms with Gasteiger partial charge in [0.1, 0.15) is 16.9 Å².